The lowest BCUT2D eigenvalue weighted by Gasteiger charge is -2.24. The smallest absolute Gasteiger partial charge is 0.0735 e. The lowest BCUT2D eigenvalue weighted by Crippen LogP contribution is -2.41. The van der Waals surface area contributed by atoms with Crippen molar-refractivity contribution in [3.05, 3.63) is 35.4 Å². The predicted octanol–water partition coefficient (Wildman–Crippen LogP) is 3.08. The van der Waals surface area contributed by atoms with E-state index >= 15 is 0 Å². The highest BCUT2D eigenvalue weighted by molar-refractivity contribution is 5.23. The second-order valence-electron chi connectivity index (χ2n) is 5.42. The first kappa shape index (κ1) is 13.6. The highest BCUT2D eigenvalue weighted by Gasteiger charge is 2.29. The molecule has 3 atom stereocenters. The number of hydrogen-bond donors (Lipinski definition) is 1. The molecular weight excluding hydrogens is 222 g/mol. The van der Waals surface area contributed by atoms with Gasteiger partial charge in [-0.2, -0.15) is 0 Å². The Bertz CT molecular complexity index is 377. The average Bonchev–Trinajstić information content (AvgIpc) is 2.75. The molecule has 0 spiro atoms. The van der Waals surface area contributed by atoms with Gasteiger partial charge in [-0.1, -0.05) is 36.8 Å². The Morgan fingerprint density at radius 2 is 2.22 bits per heavy atom. The van der Waals surface area contributed by atoms with Gasteiger partial charge in [-0.15, -0.1) is 0 Å². The number of ether oxygens (including phenoxy) is 1. The number of benzene rings is 1. The molecule has 0 saturated carbocycles. The van der Waals surface area contributed by atoms with Crippen molar-refractivity contribution >= 4 is 0 Å². The predicted molar refractivity (Wildman–Crippen MR) is 75.9 cm³/mol. The van der Waals surface area contributed by atoms with Crippen LogP contribution in [0.1, 0.15) is 37.8 Å². The van der Waals surface area contributed by atoms with Crippen LogP contribution in [0.4, 0.5) is 0 Å². The maximum absolute atomic E-state index is 6.02. The van der Waals surface area contributed by atoms with E-state index < -0.39 is 0 Å². The van der Waals surface area contributed by atoms with Crippen molar-refractivity contribution in [1.82, 2.24) is 5.32 Å². The molecule has 0 aromatic heterocycles. The van der Waals surface area contributed by atoms with Crippen LogP contribution >= 0.6 is 0 Å². The molecule has 0 bridgehead atoms. The van der Waals surface area contributed by atoms with E-state index in [-0.39, 0.29) is 0 Å². The van der Waals surface area contributed by atoms with Crippen LogP contribution in [0, 0.1) is 6.92 Å². The molecule has 1 aliphatic rings. The molecule has 2 nitrogen and oxygen atoms in total. The van der Waals surface area contributed by atoms with Gasteiger partial charge in [0, 0.05) is 6.04 Å². The summed E-state index contributed by atoms with van der Waals surface area (Å²) in [5, 5.41) is 3.59. The highest BCUT2D eigenvalue weighted by Crippen LogP contribution is 2.23. The lowest BCUT2D eigenvalue weighted by atomic mass is 9.98. The standard InChI is InChI=1S/C16H25NO/c1-4-17-15(16-9-8-13(3)18-16)11-14-7-5-6-12(2)10-14/h5-7,10,13,15-17H,4,8-9,11H2,1-3H3. The number of nitrogens with one attached hydrogen (secondary N) is 1. The Kier molecular flexibility index (Phi) is 4.79. The first-order valence-corrected chi connectivity index (χ1v) is 7.13. The summed E-state index contributed by atoms with van der Waals surface area (Å²) in [6.45, 7) is 7.50. The molecule has 1 aliphatic heterocycles. The Morgan fingerprint density at radius 3 is 2.83 bits per heavy atom. The van der Waals surface area contributed by atoms with Crippen molar-refractivity contribution in [3.8, 4) is 0 Å². The molecule has 18 heavy (non-hydrogen) atoms. The summed E-state index contributed by atoms with van der Waals surface area (Å²) in [5.74, 6) is 0. The molecule has 0 radical (unpaired) electrons. The molecule has 1 saturated heterocycles. The van der Waals surface area contributed by atoms with E-state index in [2.05, 4.69) is 50.4 Å². The van der Waals surface area contributed by atoms with Gasteiger partial charge < -0.3 is 10.1 Å². The molecule has 100 valence electrons. The van der Waals surface area contributed by atoms with Crippen LogP contribution in [0.2, 0.25) is 0 Å². The van der Waals surface area contributed by atoms with Crippen molar-refractivity contribution in [2.24, 2.45) is 0 Å². The van der Waals surface area contributed by atoms with Crippen LogP contribution in [0.15, 0.2) is 24.3 Å². The van der Waals surface area contributed by atoms with Crippen molar-refractivity contribution in [2.75, 3.05) is 6.54 Å². The van der Waals surface area contributed by atoms with Crippen LogP contribution in [0.25, 0.3) is 0 Å². The van der Waals surface area contributed by atoms with E-state index in [0.29, 0.717) is 18.2 Å². The van der Waals surface area contributed by atoms with Gasteiger partial charge >= 0.3 is 0 Å². The fraction of sp³-hybridized carbons (Fsp3) is 0.625. The SMILES string of the molecule is CCNC(Cc1cccc(C)c1)C1CCC(C)O1. The normalized spacial score (nSPS) is 25.3. The van der Waals surface area contributed by atoms with Crippen LogP contribution in [-0.4, -0.2) is 24.8 Å². The van der Waals surface area contributed by atoms with Gasteiger partial charge in [-0.05, 0) is 45.2 Å². The van der Waals surface area contributed by atoms with Gasteiger partial charge in [0.15, 0.2) is 0 Å². The van der Waals surface area contributed by atoms with Gasteiger partial charge in [-0.3, -0.25) is 0 Å². The summed E-state index contributed by atoms with van der Waals surface area (Å²) in [6.07, 6.45) is 4.24. The van der Waals surface area contributed by atoms with E-state index in [1.807, 2.05) is 0 Å². The average molecular weight is 247 g/mol. The highest BCUT2D eigenvalue weighted by atomic mass is 16.5. The molecule has 2 rings (SSSR count). The molecule has 0 aliphatic carbocycles. The molecule has 1 heterocycles. The minimum absolute atomic E-state index is 0.375. The molecule has 1 N–H and O–H groups in total. The summed E-state index contributed by atoms with van der Waals surface area (Å²) < 4.78 is 6.02. The first-order chi connectivity index (χ1) is 8.69. The maximum atomic E-state index is 6.02. The molecule has 3 unspecified atom stereocenters. The Morgan fingerprint density at radius 1 is 1.39 bits per heavy atom. The molecule has 1 aromatic rings. The second kappa shape index (κ2) is 6.35. The second-order valence-corrected chi connectivity index (χ2v) is 5.42. The fourth-order valence-electron chi connectivity index (χ4n) is 2.82. The summed E-state index contributed by atoms with van der Waals surface area (Å²) in [6, 6.07) is 9.24. The molecule has 0 amide bonds. The van der Waals surface area contributed by atoms with Crippen molar-refractivity contribution in [2.45, 2.75) is 58.3 Å². The van der Waals surface area contributed by atoms with E-state index in [1.54, 1.807) is 0 Å². The maximum Gasteiger partial charge on any atom is 0.0735 e. The third kappa shape index (κ3) is 3.56. The molecular formula is C16H25NO. The Balaban J connectivity index is 2.01. The third-order valence-electron chi connectivity index (χ3n) is 3.72. The van der Waals surface area contributed by atoms with Crippen molar-refractivity contribution in [3.63, 3.8) is 0 Å². The fourth-order valence-corrected chi connectivity index (χ4v) is 2.82. The monoisotopic (exact) mass is 247 g/mol. The van der Waals surface area contributed by atoms with Crippen molar-refractivity contribution < 1.29 is 4.74 Å². The zero-order valence-corrected chi connectivity index (χ0v) is 11.8. The minimum atomic E-state index is 0.375. The Labute approximate surface area is 111 Å². The van der Waals surface area contributed by atoms with Gasteiger partial charge in [0.25, 0.3) is 0 Å². The number of hydrogen-bond acceptors (Lipinski definition) is 2. The Hall–Kier alpha value is -0.860. The van der Waals surface area contributed by atoms with Crippen LogP contribution in [-0.2, 0) is 11.2 Å². The molecule has 1 aromatic carbocycles. The number of aryl methyl sites for hydroxylation is 1. The van der Waals surface area contributed by atoms with Crippen LogP contribution in [0.5, 0.6) is 0 Å². The van der Waals surface area contributed by atoms with E-state index in [9.17, 15) is 0 Å². The summed E-state index contributed by atoms with van der Waals surface area (Å²) in [5.41, 5.74) is 2.74. The zero-order chi connectivity index (χ0) is 13.0. The first-order valence-electron chi connectivity index (χ1n) is 7.13. The quantitative estimate of drug-likeness (QED) is 0.863. The summed E-state index contributed by atoms with van der Waals surface area (Å²) >= 11 is 0. The zero-order valence-electron chi connectivity index (χ0n) is 11.8. The van der Waals surface area contributed by atoms with Crippen LogP contribution in [0.3, 0.4) is 0 Å². The van der Waals surface area contributed by atoms with Gasteiger partial charge in [0.2, 0.25) is 0 Å². The van der Waals surface area contributed by atoms with E-state index in [0.717, 1.165) is 13.0 Å². The molecule has 1 fully saturated rings. The van der Waals surface area contributed by atoms with Gasteiger partial charge in [0.05, 0.1) is 12.2 Å². The number of rotatable bonds is 5. The van der Waals surface area contributed by atoms with E-state index in [4.69, 9.17) is 4.74 Å². The van der Waals surface area contributed by atoms with Crippen LogP contribution < -0.4 is 5.32 Å². The van der Waals surface area contributed by atoms with Gasteiger partial charge in [-0.25, -0.2) is 0 Å². The third-order valence-corrected chi connectivity index (χ3v) is 3.72. The lowest BCUT2D eigenvalue weighted by molar-refractivity contribution is 0.0324. The topological polar surface area (TPSA) is 21.3 Å². The van der Waals surface area contributed by atoms with E-state index in [1.165, 1.54) is 24.0 Å². The minimum Gasteiger partial charge on any atom is -0.374 e. The largest absolute Gasteiger partial charge is 0.374 e. The van der Waals surface area contributed by atoms with Crippen molar-refractivity contribution in [1.29, 1.82) is 0 Å². The number of likely N-dealkylation sites (N-methyl/N-ethyl adjacent to an activating group) is 1. The summed E-state index contributed by atoms with van der Waals surface area (Å²) in [7, 11) is 0. The van der Waals surface area contributed by atoms with Gasteiger partial charge in [0.1, 0.15) is 0 Å². The summed E-state index contributed by atoms with van der Waals surface area (Å²) in [4.78, 5) is 0. The molecule has 2 heteroatoms.